The second kappa shape index (κ2) is 5.08. The first-order chi connectivity index (χ1) is 6.25. The molecule has 0 radical (unpaired) electrons. The highest BCUT2D eigenvalue weighted by Crippen LogP contribution is 2.09. The Morgan fingerprint density at radius 3 is 2.07 bits per heavy atom. The number of nitrogens with two attached hydrogens (primary N) is 1. The van der Waals surface area contributed by atoms with Crippen LogP contribution in [0.1, 0.15) is 17.0 Å². The zero-order chi connectivity index (χ0) is 11.4. The molecule has 7 heteroatoms. The lowest BCUT2D eigenvalue weighted by Crippen LogP contribution is -1.97. The smallest absolute Gasteiger partial charge is 0.261 e. The largest absolute Gasteiger partial charge is 0.361 e. The van der Waals surface area contributed by atoms with E-state index in [4.69, 9.17) is 14.8 Å². The molecule has 1 heterocycles. The SMILES string of the molecule is CS(=O)(=O)O.Cc1noc(C)c1CN. The molecule has 0 bridgehead atoms. The Hall–Kier alpha value is -0.920. The highest BCUT2D eigenvalue weighted by Gasteiger charge is 2.04. The van der Waals surface area contributed by atoms with E-state index in [1.54, 1.807) is 0 Å². The molecule has 14 heavy (non-hydrogen) atoms. The normalized spacial score (nSPS) is 10.6. The number of aromatic nitrogens is 1. The molecule has 0 aliphatic rings. The van der Waals surface area contributed by atoms with E-state index < -0.39 is 10.1 Å². The van der Waals surface area contributed by atoms with Crippen LogP contribution in [0.5, 0.6) is 0 Å². The maximum atomic E-state index is 9.19. The van der Waals surface area contributed by atoms with Crippen molar-refractivity contribution < 1.29 is 17.5 Å². The summed E-state index contributed by atoms with van der Waals surface area (Å²) in [5, 5.41) is 3.73. The van der Waals surface area contributed by atoms with Crippen molar-refractivity contribution in [2.24, 2.45) is 5.73 Å². The third-order valence-electron chi connectivity index (χ3n) is 1.39. The lowest BCUT2D eigenvalue weighted by atomic mass is 10.2. The van der Waals surface area contributed by atoms with Crippen molar-refractivity contribution in [2.75, 3.05) is 6.26 Å². The van der Waals surface area contributed by atoms with Crippen LogP contribution >= 0.6 is 0 Å². The monoisotopic (exact) mass is 222 g/mol. The van der Waals surface area contributed by atoms with E-state index in [1.165, 1.54) is 0 Å². The minimum absolute atomic E-state index is 0.515. The van der Waals surface area contributed by atoms with Gasteiger partial charge in [0.2, 0.25) is 0 Å². The predicted molar refractivity (Wildman–Crippen MR) is 51.3 cm³/mol. The van der Waals surface area contributed by atoms with Crippen LogP contribution in [0.3, 0.4) is 0 Å². The summed E-state index contributed by atoms with van der Waals surface area (Å²) in [5.74, 6) is 0.829. The zero-order valence-electron chi connectivity index (χ0n) is 8.31. The molecule has 1 aromatic heterocycles. The van der Waals surface area contributed by atoms with Gasteiger partial charge in [-0.15, -0.1) is 0 Å². The minimum atomic E-state index is -3.67. The molecule has 6 nitrogen and oxygen atoms in total. The summed E-state index contributed by atoms with van der Waals surface area (Å²) in [6.07, 6.45) is 0.715. The van der Waals surface area contributed by atoms with Gasteiger partial charge < -0.3 is 10.3 Å². The molecule has 0 aromatic carbocycles. The van der Waals surface area contributed by atoms with Crippen LogP contribution in [-0.4, -0.2) is 24.4 Å². The highest BCUT2D eigenvalue weighted by molar-refractivity contribution is 7.85. The van der Waals surface area contributed by atoms with E-state index >= 15 is 0 Å². The van der Waals surface area contributed by atoms with E-state index in [1.807, 2.05) is 13.8 Å². The summed E-state index contributed by atoms with van der Waals surface area (Å²) >= 11 is 0. The van der Waals surface area contributed by atoms with Gasteiger partial charge in [-0.1, -0.05) is 5.16 Å². The van der Waals surface area contributed by atoms with Crippen molar-refractivity contribution in [1.82, 2.24) is 5.16 Å². The average molecular weight is 222 g/mol. The van der Waals surface area contributed by atoms with Crippen LogP contribution in [0.4, 0.5) is 0 Å². The van der Waals surface area contributed by atoms with E-state index in [0.29, 0.717) is 12.8 Å². The molecule has 1 aromatic rings. The molecule has 1 rings (SSSR count). The van der Waals surface area contributed by atoms with Crippen molar-refractivity contribution in [3.63, 3.8) is 0 Å². The maximum Gasteiger partial charge on any atom is 0.261 e. The molecule has 0 fully saturated rings. The molecule has 0 aliphatic carbocycles. The van der Waals surface area contributed by atoms with Crippen molar-refractivity contribution in [1.29, 1.82) is 0 Å². The van der Waals surface area contributed by atoms with Crippen LogP contribution < -0.4 is 5.73 Å². The summed E-state index contributed by atoms with van der Waals surface area (Å²) in [5.41, 5.74) is 7.32. The van der Waals surface area contributed by atoms with E-state index in [9.17, 15) is 8.42 Å². The first kappa shape index (κ1) is 13.1. The summed E-state index contributed by atoms with van der Waals surface area (Å²) < 4.78 is 30.7. The maximum absolute atomic E-state index is 9.19. The Balaban J connectivity index is 0.000000292. The van der Waals surface area contributed by atoms with E-state index in [2.05, 4.69) is 5.16 Å². The first-order valence-electron chi connectivity index (χ1n) is 3.80. The van der Waals surface area contributed by atoms with Gasteiger partial charge in [0.15, 0.2) is 0 Å². The van der Waals surface area contributed by atoms with Gasteiger partial charge in [0, 0.05) is 12.1 Å². The molecule has 3 N–H and O–H groups in total. The molecule has 0 atom stereocenters. The van der Waals surface area contributed by atoms with Crippen molar-refractivity contribution in [3.8, 4) is 0 Å². The molecular weight excluding hydrogens is 208 g/mol. The molecule has 0 aliphatic heterocycles. The van der Waals surface area contributed by atoms with Crippen LogP contribution in [0.25, 0.3) is 0 Å². The van der Waals surface area contributed by atoms with Gasteiger partial charge in [-0.3, -0.25) is 4.55 Å². The average Bonchev–Trinajstić information content (AvgIpc) is 2.27. The lowest BCUT2D eigenvalue weighted by Gasteiger charge is -1.88. The van der Waals surface area contributed by atoms with Crippen LogP contribution in [0, 0.1) is 13.8 Å². The van der Waals surface area contributed by atoms with Gasteiger partial charge in [-0.2, -0.15) is 8.42 Å². The topological polar surface area (TPSA) is 106 Å². The quantitative estimate of drug-likeness (QED) is 0.660. The lowest BCUT2D eigenvalue weighted by molar-refractivity contribution is 0.392. The molecule has 0 saturated heterocycles. The molecule has 0 spiro atoms. The van der Waals surface area contributed by atoms with Gasteiger partial charge in [0.25, 0.3) is 10.1 Å². The van der Waals surface area contributed by atoms with Crippen LogP contribution in [-0.2, 0) is 16.7 Å². The summed E-state index contributed by atoms with van der Waals surface area (Å²) in [4.78, 5) is 0. The van der Waals surface area contributed by atoms with E-state index in [-0.39, 0.29) is 0 Å². The van der Waals surface area contributed by atoms with Crippen molar-refractivity contribution in [2.45, 2.75) is 20.4 Å². The molecule has 0 amide bonds. The number of rotatable bonds is 1. The zero-order valence-corrected chi connectivity index (χ0v) is 9.13. The number of hydrogen-bond donors (Lipinski definition) is 2. The fourth-order valence-electron chi connectivity index (χ4n) is 0.793. The Bertz CT molecular complexity index is 355. The second-order valence-corrected chi connectivity index (χ2v) is 4.21. The third kappa shape index (κ3) is 5.68. The molecule has 0 unspecified atom stereocenters. The summed E-state index contributed by atoms with van der Waals surface area (Å²) in [6, 6.07) is 0. The van der Waals surface area contributed by atoms with Gasteiger partial charge in [0.05, 0.1) is 11.9 Å². The Morgan fingerprint density at radius 2 is 1.93 bits per heavy atom. The number of aryl methyl sites for hydroxylation is 2. The Morgan fingerprint density at radius 1 is 1.50 bits per heavy atom. The second-order valence-electron chi connectivity index (χ2n) is 2.74. The summed E-state index contributed by atoms with van der Waals surface area (Å²) in [7, 11) is -3.67. The van der Waals surface area contributed by atoms with Crippen molar-refractivity contribution >= 4 is 10.1 Å². The Labute approximate surface area is 82.8 Å². The van der Waals surface area contributed by atoms with Gasteiger partial charge >= 0.3 is 0 Å². The Kier molecular flexibility index (Phi) is 4.75. The first-order valence-corrected chi connectivity index (χ1v) is 5.64. The molecular formula is C7H14N2O4S. The van der Waals surface area contributed by atoms with Crippen LogP contribution in [0.2, 0.25) is 0 Å². The minimum Gasteiger partial charge on any atom is -0.361 e. The molecule has 82 valence electrons. The van der Waals surface area contributed by atoms with E-state index in [0.717, 1.165) is 17.0 Å². The number of nitrogens with zero attached hydrogens (tertiary/aromatic N) is 1. The third-order valence-corrected chi connectivity index (χ3v) is 1.39. The number of hydrogen-bond acceptors (Lipinski definition) is 5. The predicted octanol–water partition coefficient (Wildman–Crippen LogP) is 0.254. The van der Waals surface area contributed by atoms with Crippen LogP contribution in [0.15, 0.2) is 4.52 Å². The highest BCUT2D eigenvalue weighted by atomic mass is 32.2. The molecule has 0 saturated carbocycles. The standard InChI is InChI=1S/C6H10N2O.CH4O3S/c1-4-6(3-7)5(2)9-8-4;1-5(2,3)4/h3,7H2,1-2H3;1H3,(H,2,3,4). The van der Waals surface area contributed by atoms with Gasteiger partial charge in [-0.25, -0.2) is 0 Å². The van der Waals surface area contributed by atoms with Gasteiger partial charge in [-0.05, 0) is 13.8 Å². The summed E-state index contributed by atoms with van der Waals surface area (Å²) in [6.45, 7) is 4.27. The van der Waals surface area contributed by atoms with Crippen molar-refractivity contribution in [3.05, 3.63) is 17.0 Å². The fourth-order valence-corrected chi connectivity index (χ4v) is 0.793. The van der Waals surface area contributed by atoms with Gasteiger partial charge in [0.1, 0.15) is 5.76 Å². The fraction of sp³-hybridized carbons (Fsp3) is 0.571.